The lowest BCUT2D eigenvalue weighted by molar-refractivity contribution is 0.492. The van der Waals surface area contributed by atoms with Crippen molar-refractivity contribution in [3.8, 4) is 11.5 Å². The molecule has 0 spiro atoms. The van der Waals surface area contributed by atoms with Gasteiger partial charge < -0.3 is 14.7 Å². The van der Waals surface area contributed by atoms with Crippen molar-refractivity contribution in [3.63, 3.8) is 0 Å². The second-order valence-corrected chi connectivity index (χ2v) is 4.87. The molecule has 0 aliphatic rings. The zero-order valence-electron chi connectivity index (χ0n) is 11.7. The number of hydrogen-bond acceptors (Lipinski definition) is 5. The van der Waals surface area contributed by atoms with Crippen molar-refractivity contribution in [2.24, 2.45) is 0 Å². The fourth-order valence-corrected chi connectivity index (χ4v) is 2.36. The minimum absolute atomic E-state index is 0.255. The van der Waals surface area contributed by atoms with Crippen molar-refractivity contribution in [2.45, 2.75) is 0 Å². The van der Waals surface area contributed by atoms with Crippen LogP contribution in [0.4, 0.5) is 0 Å². The fraction of sp³-hybridized carbons (Fsp3) is 0. The van der Waals surface area contributed by atoms with Crippen LogP contribution in [0.25, 0.3) is 22.1 Å². The Bertz CT molecular complexity index is 1140. The largest absolute Gasteiger partial charge is 0.454 e. The quantitative estimate of drug-likeness (QED) is 0.551. The van der Waals surface area contributed by atoms with Gasteiger partial charge in [0, 0.05) is 23.8 Å². The molecule has 4 aromatic rings. The third-order valence-corrected chi connectivity index (χ3v) is 3.42. The molecule has 7 nitrogen and oxygen atoms in total. The molecule has 2 N–H and O–H groups in total. The number of fused-ring (bicyclic) bond motifs is 2. The second kappa shape index (κ2) is 5.06. The maximum Gasteiger partial charge on any atom is 0.315 e. The first kappa shape index (κ1) is 13.2. The van der Waals surface area contributed by atoms with Gasteiger partial charge in [0.15, 0.2) is 11.4 Å². The summed E-state index contributed by atoms with van der Waals surface area (Å²) in [4.78, 5) is 36.2. The van der Waals surface area contributed by atoms with Gasteiger partial charge in [-0.2, -0.15) is 0 Å². The average Bonchev–Trinajstić information content (AvgIpc) is 2.57. The molecule has 3 heterocycles. The van der Waals surface area contributed by atoms with Gasteiger partial charge in [-0.15, -0.1) is 0 Å². The van der Waals surface area contributed by atoms with Crippen LogP contribution in [0.15, 0.2) is 58.4 Å². The van der Waals surface area contributed by atoms with Crippen LogP contribution < -0.4 is 15.9 Å². The van der Waals surface area contributed by atoms with Crippen LogP contribution in [0, 0.1) is 0 Å². The first-order valence-corrected chi connectivity index (χ1v) is 6.85. The van der Waals surface area contributed by atoms with E-state index in [0.717, 1.165) is 10.9 Å². The van der Waals surface area contributed by atoms with Gasteiger partial charge in [0.25, 0.3) is 0 Å². The Labute approximate surface area is 128 Å². The first-order chi connectivity index (χ1) is 11.2. The van der Waals surface area contributed by atoms with E-state index in [1.165, 1.54) is 6.20 Å². The Balaban J connectivity index is 1.91. The van der Waals surface area contributed by atoms with Crippen LogP contribution in [0.3, 0.4) is 0 Å². The summed E-state index contributed by atoms with van der Waals surface area (Å²) in [5.74, 6) is 0.981. The van der Waals surface area contributed by atoms with Crippen LogP contribution in [-0.2, 0) is 0 Å². The van der Waals surface area contributed by atoms with Gasteiger partial charge in [-0.25, -0.2) is 4.98 Å². The molecule has 0 atom stereocenters. The summed E-state index contributed by atoms with van der Waals surface area (Å²) in [6.45, 7) is 0. The van der Waals surface area contributed by atoms with Crippen LogP contribution in [0.5, 0.6) is 11.5 Å². The number of hydrogen-bond donors (Lipinski definition) is 2. The standard InChI is InChI=1S/C16H10N4O3/c21-15-16(22)20-14-13(19-15)12(6-8-18-14)23-11-5-1-4-10-9(11)3-2-7-17-10/h1-8H,(H,19,21)(H,18,20,22). The Hall–Kier alpha value is -3.48. The van der Waals surface area contributed by atoms with E-state index in [2.05, 4.69) is 19.9 Å². The number of pyridine rings is 2. The van der Waals surface area contributed by atoms with E-state index < -0.39 is 11.1 Å². The van der Waals surface area contributed by atoms with Crippen LogP contribution in [-0.4, -0.2) is 19.9 Å². The molecular formula is C16H10N4O3. The molecule has 0 radical (unpaired) electrons. The van der Waals surface area contributed by atoms with E-state index in [9.17, 15) is 9.59 Å². The zero-order chi connectivity index (χ0) is 15.8. The molecule has 0 unspecified atom stereocenters. The van der Waals surface area contributed by atoms with Crippen molar-refractivity contribution < 1.29 is 4.74 Å². The summed E-state index contributed by atoms with van der Waals surface area (Å²) in [7, 11) is 0. The van der Waals surface area contributed by atoms with E-state index in [1.807, 2.05) is 24.3 Å². The highest BCUT2D eigenvalue weighted by Crippen LogP contribution is 2.30. The van der Waals surface area contributed by atoms with Crippen molar-refractivity contribution in [1.82, 2.24) is 19.9 Å². The first-order valence-electron chi connectivity index (χ1n) is 6.85. The van der Waals surface area contributed by atoms with Crippen molar-refractivity contribution in [3.05, 3.63) is 69.5 Å². The third-order valence-electron chi connectivity index (χ3n) is 3.42. The summed E-state index contributed by atoms with van der Waals surface area (Å²) in [6, 6.07) is 10.8. The zero-order valence-corrected chi connectivity index (χ0v) is 11.7. The normalized spacial score (nSPS) is 11.0. The second-order valence-electron chi connectivity index (χ2n) is 4.87. The summed E-state index contributed by atoms with van der Waals surface area (Å²) in [6.07, 6.45) is 3.20. The molecule has 4 rings (SSSR count). The number of nitrogens with zero attached hydrogens (tertiary/aromatic N) is 2. The molecule has 3 aromatic heterocycles. The Morgan fingerprint density at radius 2 is 1.70 bits per heavy atom. The molecule has 0 saturated carbocycles. The lowest BCUT2D eigenvalue weighted by Gasteiger charge is -2.10. The van der Waals surface area contributed by atoms with E-state index in [1.54, 1.807) is 18.3 Å². The smallest absolute Gasteiger partial charge is 0.315 e. The number of rotatable bonds is 2. The third kappa shape index (κ3) is 2.24. The van der Waals surface area contributed by atoms with Gasteiger partial charge in [0.05, 0.1) is 5.52 Å². The van der Waals surface area contributed by atoms with Gasteiger partial charge in [0.1, 0.15) is 11.3 Å². The van der Waals surface area contributed by atoms with Crippen molar-refractivity contribution in [2.75, 3.05) is 0 Å². The number of ether oxygens (including phenoxy) is 1. The van der Waals surface area contributed by atoms with Crippen LogP contribution in [0.2, 0.25) is 0 Å². The maximum absolute atomic E-state index is 11.6. The summed E-state index contributed by atoms with van der Waals surface area (Å²) in [5, 5.41) is 0.840. The SMILES string of the molecule is O=c1[nH]c2nccc(Oc3cccc4ncccc34)c2[nH]c1=O. The summed E-state index contributed by atoms with van der Waals surface area (Å²) in [5.41, 5.74) is -0.125. The predicted molar refractivity (Wildman–Crippen MR) is 84.8 cm³/mol. The summed E-state index contributed by atoms with van der Waals surface area (Å²) >= 11 is 0. The van der Waals surface area contributed by atoms with Gasteiger partial charge in [0.2, 0.25) is 0 Å². The van der Waals surface area contributed by atoms with Crippen molar-refractivity contribution in [1.29, 1.82) is 0 Å². The molecule has 23 heavy (non-hydrogen) atoms. The predicted octanol–water partition coefficient (Wildman–Crippen LogP) is 1.95. The number of nitrogens with one attached hydrogen (secondary N) is 2. The van der Waals surface area contributed by atoms with Gasteiger partial charge in [-0.05, 0) is 24.3 Å². The van der Waals surface area contributed by atoms with E-state index >= 15 is 0 Å². The molecule has 0 fully saturated rings. The highest BCUT2D eigenvalue weighted by molar-refractivity contribution is 5.86. The monoisotopic (exact) mass is 306 g/mol. The Morgan fingerprint density at radius 3 is 2.61 bits per heavy atom. The highest BCUT2D eigenvalue weighted by atomic mass is 16.5. The molecule has 0 aliphatic heterocycles. The van der Waals surface area contributed by atoms with Crippen LogP contribution >= 0.6 is 0 Å². The van der Waals surface area contributed by atoms with Gasteiger partial charge in [-0.1, -0.05) is 6.07 Å². The minimum atomic E-state index is -0.755. The Morgan fingerprint density at radius 1 is 0.826 bits per heavy atom. The molecule has 0 saturated heterocycles. The fourth-order valence-electron chi connectivity index (χ4n) is 2.36. The van der Waals surface area contributed by atoms with Gasteiger partial charge >= 0.3 is 11.1 Å². The topological polar surface area (TPSA) is 101 Å². The van der Waals surface area contributed by atoms with E-state index in [4.69, 9.17) is 4.74 Å². The van der Waals surface area contributed by atoms with Crippen molar-refractivity contribution >= 4 is 22.1 Å². The lowest BCUT2D eigenvalue weighted by Crippen LogP contribution is -2.29. The van der Waals surface area contributed by atoms with E-state index in [0.29, 0.717) is 17.0 Å². The minimum Gasteiger partial charge on any atom is -0.454 e. The molecule has 1 aromatic carbocycles. The summed E-state index contributed by atoms with van der Waals surface area (Å²) < 4.78 is 5.93. The number of aromatic nitrogens is 4. The average molecular weight is 306 g/mol. The Kier molecular flexibility index (Phi) is 2.90. The van der Waals surface area contributed by atoms with Gasteiger partial charge in [-0.3, -0.25) is 14.6 Å². The maximum atomic E-state index is 11.6. The van der Waals surface area contributed by atoms with Crippen LogP contribution in [0.1, 0.15) is 0 Å². The molecule has 112 valence electrons. The molecule has 0 bridgehead atoms. The molecule has 7 heteroatoms. The molecule has 0 aliphatic carbocycles. The van der Waals surface area contributed by atoms with E-state index in [-0.39, 0.29) is 5.65 Å². The number of aromatic amines is 2. The molecular weight excluding hydrogens is 296 g/mol. The molecule has 0 amide bonds. The number of benzene rings is 1. The number of H-pyrrole nitrogens is 2. The lowest BCUT2D eigenvalue weighted by atomic mass is 10.2. The highest BCUT2D eigenvalue weighted by Gasteiger charge is 2.10.